The number of benzene rings is 1. The Morgan fingerprint density at radius 3 is 2.60 bits per heavy atom. The SMILES string of the molecule is C=CC(=O)N1CCN(c2nc(=O)n(-c3c(SC)ccnc3C(C)C)c3nc(-c4c(N)cccc4F)c(F)cc23)[C@@H](C)C1. The lowest BCUT2D eigenvalue weighted by Gasteiger charge is -2.40. The van der Waals surface area contributed by atoms with Crippen LogP contribution in [-0.2, 0) is 4.79 Å². The molecule has 1 saturated heterocycles. The number of aromatic nitrogens is 4. The van der Waals surface area contributed by atoms with Crippen LogP contribution in [0.25, 0.3) is 28.0 Å². The maximum absolute atomic E-state index is 15.9. The predicted molar refractivity (Wildman–Crippen MR) is 162 cm³/mol. The van der Waals surface area contributed by atoms with Crippen LogP contribution < -0.4 is 16.3 Å². The molecule has 0 aliphatic carbocycles. The first-order valence-corrected chi connectivity index (χ1v) is 14.7. The van der Waals surface area contributed by atoms with Crippen molar-refractivity contribution in [2.24, 2.45) is 0 Å². The molecule has 5 rings (SSSR count). The summed E-state index contributed by atoms with van der Waals surface area (Å²) in [5, 5.41) is 0.256. The number of nitrogens with zero attached hydrogens (tertiary/aromatic N) is 6. The van der Waals surface area contributed by atoms with Crippen molar-refractivity contribution in [2.75, 3.05) is 36.5 Å². The zero-order valence-electron chi connectivity index (χ0n) is 23.8. The number of pyridine rings is 2. The lowest BCUT2D eigenvalue weighted by Crippen LogP contribution is -2.54. The van der Waals surface area contributed by atoms with E-state index in [0.717, 1.165) is 4.90 Å². The van der Waals surface area contributed by atoms with Crippen molar-refractivity contribution in [1.82, 2.24) is 24.4 Å². The van der Waals surface area contributed by atoms with E-state index >= 15 is 8.78 Å². The van der Waals surface area contributed by atoms with Crippen molar-refractivity contribution in [3.05, 3.63) is 77.0 Å². The second-order valence-corrected chi connectivity index (χ2v) is 11.2. The van der Waals surface area contributed by atoms with E-state index in [2.05, 4.69) is 21.5 Å². The molecule has 1 aliphatic rings. The van der Waals surface area contributed by atoms with E-state index in [0.29, 0.717) is 31.0 Å². The summed E-state index contributed by atoms with van der Waals surface area (Å²) in [5.41, 5.74) is 6.12. The third kappa shape index (κ3) is 5.00. The van der Waals surface area contributed by atoms with E-state index in [-0.39, 0.29) is 51.7 Å². The van der Waals surface area contributed by atoms with Crippen LogP contribution in [0.4, 0.5) is 20.3 Å². The second-order valence-electron chi connectivity index (χ2n) is 10.4. The minimum absolute atomic E-state index is 0.00889. The molecule has 1 aromatic carbocycles. The van der Waals surface area contributed by atoms with Crippen molar-refractivity contribution in [3.63, 3.8) is 0 Å². The summed E-state index contributed by atoms with van der Waals surface area (Å²) < 4.78 is 32.3. The largest absolute Gasteiger partial charge is 0.398 e. The number of halogens is 2. The molecule has 12 heteroatoms. The van der Waals surface area contributed by atoms with E-state index in [1.165, 1.54) is 46.7 Å². The molecule has 4 heterocycles. The fourth-order valence-corrected chi connectivity index (χ4v) is 5.94. The average molecular weight is 592 g/mol. The van der Waals surface area contributed by atoms with Crippen molar-refractivity contribution in [1.29, 1.82) is 0 Å². The van der Waals surface area contributed by atoms with Gasteiger partial charge < -0.3 is 15.5 Å². The number of fused-ring (bicyclic) bond motifs is 1. The second kappa shape index (κ2) is 11.5. The highest BCUT2D eigenvalue weighted by molar-refractivity contribution is 7.98. The van der Waals surface area contributed by atoms with Crippen LogP contribution in [0.1, 0.15) is 32.4 Å². The molecular formula is C30H31F2N7O2S. The van der Waals surface area contributed by atoms with Crippen molar-refractivity contribution in [2.45, 2.75) is 37.6 Å². The number of piperazine rings is 1. The first-order valence-electron chi connectivity index (χ1n) is 13.5. The maximum atomic E-state index is 15.9. The van der Waals surface area contributed by atoms with Gasteiger partial charge in [-0.1, -0.05) is 26.5 Å². The third-order valence-corrected chi connectivity index (χ3v) is 8.15. The molecule has 42 heavy (non-hydrogen) atoms. The molecule has 1 amide bonds. The Bertz CT molecular complexity index is 1760. The zero-order chi connectivity index (χ0) is 30.3. The average Bonchev–Trinajstić information content (AvgIpc) is 2.96. The summed E-state index contributed by atoms with van der Waals surface area (Å²) in [5.74, 6) is -1.61. The van der Waals surface area contributed by atoms with Crippen LogP contribution >= 0.6 is 11.8 Å². The normalized spacial score (nSPS) is 15.5. The Balaban J connectivity index is 1.85. The van der Waals surface area contributed by atoms with Gasteiger partial charge in [0.2, 0.25) is 5.91 Å². The Morgan fingerprint density at radius 2 is 1.95 bits per heavy atom. The molecular weight excluding hydrogens is 560 g/mol. The van der Waals surface area contributed by atoms with Crippen molar-refractivity contribution >= 4 is 40.2 Å². The molecule has 2 N–H and O–H groups in total. The molecule has 1 atom stereocenters. The van der Waals surface area contributed by atoms with Crippen LogP contribution in [0.2, 0.25) is 0 Å². The van der Waals surface area contributed by atoms with Crippen LogP contribution in [-0.4, -0.2) is 62.3 Å². The van der Waals surface area contributed by atoms with Crippen LogP contribution in [0.3, 0.4) is 0 Å². The third-order valence-electron chi connectivity index (χ3n) is 7.38. The van der Waals surface area contributed by atoms with Gasteiger partial charge in [-0.05, 0) is 49.4 Å². The molecule has 0 unspecified atom stereocenters. The minimum Gasteiger partial charge on any atom is -0.398 e. The zero-order valence-corrected chi connectivity index (χ0v) is 24.6. The molecule has 0 saturated carbocycles. The van der Waals surface area contributed by atoms with E-state index in [1.54, 1.807) is 17.2 Å². The molecule has 0 radical (unpaired) electrons. The summed E-state index contributed by atoms with van der Waals surface area (Å²) in [6, 6.07) is 6.82. The molecule has 4 aromatic rings. The summed E-state index contributed by atoms with van der Waals surface area (Å²) in [6.45, 7) is 10.4. The van der Waals surface area contributed by atoms with Gasteiger partial charge in [0, 0.05) is 42.5 Å². The van der Waals surface area contributed by atoms with Gasteiger partial charge in [-0.3, -0.25) is 9.78 Å². The Kier molecular flexibility index (Phi) is 8.00. The highest BCUT2D eigenvalue weighted by atomic mass is 32.2. The number of carbonyl (C=O) groups excluding carboxylic acids is 1. The topological polar surface area (TPSA) is 110 Å². The monoisotopic (exact) mass is 591 g/mol. The molecule has 1 aliphatic heterocycles. The number of anilines is 2. The van der Waals surface area contributed by atoms with Gasteiger partial charge in [0.1, 0.15) is 17.3 Å². The lowest BCUT2D eigenvalue weighted by molar-refractivity contribution is -0.126. The fourth-order valence-electron chi connectivity index (χ4n) is 5.36. The first kappa shape index (κ1) is 29.2. The molecule has 0 spiro atoms. The molecule has 3 aromatic heterocycles. The van der Waals surface area contributed by atoms with Gasteiger partial charge in [0.05, 0.1) is 22.3 Å². The van der Waals surface area contributed by atoms with Gasteiger partial charge in [-0.25, -0.2) is 23.1 Å². The van der Waals surface area contributed by atoms with Gasteiger partial charge in [0.25, 0.3) is 0 Å². The van der Waals surface area contributed by atoms with E-state index < -0.39 is 17.3 Å². The molecule has 1 fully saturated rings. The Morgan fingerprint density at radius 1 is 1.19 bits per heavy atom. The Labute approximate surface area is 246 Å². The number of amides is 1. The summed E-state index contributed by atoms with van der Waals surface area (Å²) in [4.78, 5) is 44.2. The van der Waals surface area contributed by atoms with Crippen LogP contribution in [0.15, 0.2) is 58.9 Å². The summed E-state index contributed by atoms with van der Waals surface area (Å²) >= 11 is 1.42. The van der Waals surface area contributed by atoms with Crippen molar-refractivity contribution in [3.8, 4) is 16.9 Å². The van der Waals surface area contributed by atoms with E-state index in [9.17, 15) is 9.59 Å². The number of rotatable bonds is 6. The maximum Gasteiger partial charge on any atom is 0.355 e. The number of hydrogen-bond acceptors (Lipinski definition) is 8. The lowest BCUT2D eigenvalue weighted by atomic mass is 10.1. The number of thioether (sulfide) groups is 1. The van der Waals surface area contributed by atoms with Crippen LogP contribution in [0.5, 0.6) is 0 Å². The molecule has 0 bridgehead atoms. The number of nitrogen functional groups attached to an aromatic ring is 1. The summed E-state index contributed by atoms with van der Waals surface area (Å²) in [6.07, 6.45) is 4.81. The first-order chi connectivity index (χ1) is 20.1. The van der Waals surface area contributed by atoms with Gasteiger partial charge in [-0.15, -0.1) is 11.8 Å². The van der Waals surface area contributed by atoms with Crippen LogP contribution in [0, 0.1) is 11.6 Å². The fraction of sp³-hybridized carbons (Fsp3) is 0.300. The highest BCUT2D eigenvalue weighted by Gasteiger charge is 2.31. The van der Waals surface area contributed by atoms with Gasteiger partial charge in [0.15, 0.2) is 11.5 Å². The number of hydrogen-bond donors (Lipinski definition) is 1. The number of nitrogens with two attached hydrogens (primary N) is 1. The van der Waals surface area contributed by atoms with Crippen molar-refractivity contribution < 1.29 is 13.6 Å². The quantitative estimate of drug-likeness (QED) is 0.194. The van der Waals surface area contributed by atoms with Gasteiger partial charge >= 0.3 is 5.69 Å². The minimum atomic E-state index is -0.818. The standard InChI is InChI=1S/C30H31F2N7O2S/c1-6-23(40)37-12-13-38(17(4)15-37)28-18-14-20(32)26(24-19(31)8-7-9-21(24)33)35-29(18)39(30(41)36-28)27-22(42-5)10-11-34-25(27)16(2)3/h6-11,14,16-17H,1,12-13,15,33H2,2-5H3/t17-/m0/s1. The smallest absolute Gasteiger partial charge is 0.355 e. The number of carbonyl (C=O) groups is 1. The predicted octanol–water partition coefficient (Wildman–Crippen LogP) is 4.77. The Hall–Kier alpha value is -4.32. The molecule has 218 valence electrons. The molecule has 9 nitrogen and oxygen atoms in total. The van der Waals surface area contributed by atoms with E-state index in [4.69, 9.17) is 5.73 Å². The summed E-state index contributed by atoms with van der Waals surface area (Å²) in [7, 11) is 0. The van der Waals surface area contributed by atoms with E-state index in [1.807, 2.05) is 31.9 Å². The highest BCUT2D eigenvalue weighted by Crippen LogP contribution is 2.37. The van der Waals surface area contributed by atoms with Gasteiger partial charge in [-0.2, -0.15) is 4.98 Å².